The Kier molecular flexibility index (Phi) is 5.57. The Morgan fingerprint density at radius 3 is 2.03 bits per heavy atom. The van der Waals surface area contributed by atoms with Gasteiger partial charge in [-0.05, 0) is 60.2 Å². The second-order valence-electron chi connectivity index (χ2n) is 8.17. The monoisotopic (exact) mass is 485 g/mol. The van der Waals surface area contributed by atoms with Crippen LogP contribution in [0.1, 0.15) is 34.3 Å². The van der Waals surface area contributed by atoms with Crippen LogP contribution < -0.4 is 16.0 Å². The smallest absolute Gasteiger partial charge is 0.349 e. The minimum absolute atomic E-state index is 0.0342. The van der Waals surface area contributed by atoms with Crippen molar-refractivity contribution in [2.24, 2.45) is 5.92 Å². The molecule has 4 rings (SSSR count). The summed E-state index contributed by atoms with van der Waals surface area (Å²) in [6, 6.07) is 4.93. The molecule has 0 radical (unpaired) electrons. The van der Waals surface area contributed by atoms with Gasteiger partial charge in [0.05, 0.1) is 17.7 Å². The van der Waals surface area contributed by atoms with Gasteiger partial charge in [-0.15, -0.1) is 0 Å². The van der Waals surface area contributed by atoms with Crippen LogP contribution in [0, 0.1) is 5.92 Å². The lowest BCUT2D eigenvalue weighted by molar-refractivity contribution is -0.138. The van der Waals surface area contributed by atoms with Crippen molar-refractivity contribution in [2.45, 2.75) is 30.7 Å². The fraction of sp³-hybridized carbons (Fsp3) is 0.318. The highest BCUT2D eigenvalue weighted by Gasteiger charge is 2.56. The van der Waals surface area contributed by atoms with Gasteiger partial charge in [-0.25, -0.2) is 4.79 Å². The van der Waals surface area contributed by atoms with Gasteiger partial charge < -0.3 is 10.6 Å². The van der Waals surface area contributed by atoms with Gasteiger partial charge in [0.15, 0.2) is 0 Å². The van der Waals surface area contributed by atoms with E-state index in [0.29, 0.717) is 37.1 Å². The lowest BCUT2D eigenvalue weighted by atomic mass is 9.92. The lowest BCUT2D eigenvalue weighted by Gasteiger charge is -2.26. The maximum atomic E-state index is 13.3. The summed E-state index contributed by atoms with van der Waals surface area (Å²) in [4.78, 5) is 36.9. The van der Waals surface area contributed by atoms with Crippen molar-refractivity contribution in [3.05, 3.63) is 59.2 Å². The Bertz CT molecular complexity index is 1160. The van der Waals surface area contributed by atoms with Crippen molar-refractivity contribution in [3.63, 3.8) is 0 Å². The summed E-state index contributed by atoms with van der Waals surface area (Å²) in [5, 5.41) is 7.11. The molecule has 1 heterocycles. The third kappa shape index (κ3) is 4.44. The van der Waals surface area contributed by atoms with Gasteiger partial charge in [0.2, 0.25) is 0 Å². The van der Waals surface area contributed by atoms with Crippen LogP contribution in [0.25, 0.3) is 11.1 Å². The maximum Gasteiger partial charge on any atom is 0.416 e. The predicted molar refractivity (Wildman–Crippen MR) is 106 cm³/mol. The van der Waals surface area contributed by atoms with Gasteiger partial charge in [-0.3, -0.25) is 14.9 Å². The van der Waals surface area contributed by atoms with Crippen molar-refractivity contribution in [1.82, 2.24) is 16.0 Å². The number of benzene rings is 2. The number of rotatable bonds is 5. The van der Waals surface area contributed by atoms with Crippen molar-refractivity contribution in [2.75, 3.05) is 6.54 Å². The first-order valence-corrected chi connectivity index (χ1v) is 10.1. The third-order valence-electron chi connectivity index (χ3n) is 5.89. The van der Waals surface area contributed by atoms with E-state index in [0.717, 1.165) is 18.2 Å². The van der Waals surface area contributed by atoms with Crippen LogP contribution in [-0.4, -0.2) is 29.9 Å². The molecule has 1 atom stereocenters. The summed E-state index contributed by atoms with van der Waals surface area (Å²) >= 11 is 0. The van der Waals surface area contributed by atoms with Crippen molar-refractivity contribution >= 4 is 17.8 Å². The Morgan fingerprint density at radius 2 is 1.53 bits per heavy atom. The highest BCUT2D eigenvalue weighted by atomic mass is 19.4. The Morgan fingerprint density at radius 1 is 0.941 bits per heavy atom. The van der Waals surface area contributed by atoms with Gasteiger partial charge in [-0.2, -0.15) is 26.3 Å². The van der Waals surface area contributed by atoms with E-state index in [9.17, 15) is 40.7 Å². The first-order chi connectivity index (χ1) is 15.8. The molecule has 0 aromatic heterocycles. The van der Waals surface area contributed by atoms with E-state index in [1.165, 1.54) is 0 Å². The Hall–Kier alpha value is -3.57. The molecule has 1 aliphatic heterocycles. The fourth-order valence-corrected chi connectivity index (χ4v) is 3.95. The summed E-state index contributed by atoms with van der Waals surface area (Å²) in [5.41, 5.74) is -3.95. The maximum absolute atomic E-state index is 13.3. The standard InChI is InChI=1S/C22H17F6N3O3/c23-21(24,25)13-3-1-11(2-4-13)16-9-14(22(26,27)28)7-8-15(16)17(32)29-10-20(12-5-6-12)18(33)30-19(34)31-20/h1-4,7-9,12H,5-6,10H2,(H,29,32)(H2,30,31,33,34)/t20-/m0/s1. The first-order valence-electron chi connectivity index (χ1n) is 10.1. The molecule has 180 valence electrons. The number of hydrogen-bond donors (Lipinski definition) is 3. The molecular weight excluding hydrogens is 468 g/mol. The summed E-state index contributed by atoms with van der Waals surface area (Å²) in [7, 11) is 0. The van der Waals surface area contributed by atoms with Crippen molar-refractivity contribution in [1.29, 1.82) is 0 Å². The molecule has 2 aliphatic rings. The molecule has 6 nitrogen and oxygen atoms in total. The van der Waals surface area contributed by atoms with Crippen molar-refractivity contribution in [3.8, 4) is 11.1 Å². The number of carbonyl (C=O) groups is 3. The number of imide groups is 1. The third-order valence-corrected chi connectivity index (χ3v) is 5.89. The molecule has 2 fully saturated rings. The minimum atomic E-state index is -4.75. The number of amides is 4. The van der Waals surface area contributed by atoms with E-state index in [4.69, 9.17) is 0 Å². The fourth-order valence-electron chi connectivity index (χ4n) is 3.95. The highest BCUT2D eigenvalue weighted by Crippen LogP contribution is 2.41. The molecule has 2 aromatic rings. The van der Waals surface area contributed by atoms with Crippen LogP contribution in [-0.2, 0) is 17.1 Å². The van der Waals surface area contributed by atoms with Gasteiger partial charge in [0.25, 0.3) is 11.8 Å². The summed E-state index contributed by atoms with van der Waals surface area (Å²) in [5.74, 6) is -1.67. The summed E-state index contributed by atoms with van der Waals surface area (Å²) in [6.07, 6.45) is -8.12. The van der Waals surface area contributed by atoms with Gasteiger partial charge >= 0.3 is 18.4 Å². The molecule has 1 saturated carbocycles. The largest absolute Gasteiger partial charge is 0.416 e. The predicted octanol–water partition coefficient (Wildman–Crippen LogP) is 4.11. The molecule has 34 heavy (non-hydrogen) atoms. The second kappa shape index (κ2) is 8.03. The quantitative estimate of drug-likeness (QED) is 0.440. The van der Waals surface area contributed by atoms with E-state index >= 15 is 0 Å². The van der Waals surface area contributed by atoms with Gasteiger partial charge in [0.1, 0.15) is 5.54 Å². The van der Waals surface area contributed by atoms with Crippen LogP contribution in [0.15, 0.2) is 42.5 Å². The zero-order valence-electron chi connectivity index (χ0n) is 17.2. The molecule has 3 N–H and O–H groups in total. The zero-order valence-corrected chi connectivity index (χ0v) is 17.2. The molecule has 0 bridgehead atoms. The van der Waals surface area contributed by atoms with E-state index in [1.54, 1.807) is 0 Å². The highest BCUT2D eigenvalue weighted by molar-refractivity contribution is 6.08. The number of nitrogens with one attached hydrogen (secondary N) is 3. The van der Waals surface area contributed by atoms with Gasteiger partial charge in [-0.1, -0.05) is 12.1 Å². The molecule has 2 aromatic carbocycles. The average molecular weight is 485 g/mol. The second-order valence-corrected chi connectivity index (χ2v) is 8.17. The molecular formula is C22H17F6N3O3. The number of carbonyl (C=O) groups excluding carboxylic acids is 3. The minimum Gasteiger partial charge on any atom is -0.349 e. The number of alkyl halides is 6. The van der Waals surface area contributed by atoms with Crippen LogP contribution >= 0.6 is 0 Å². The molecule has 0 spiro atoms. The van der Waals surface area contributed by atoms with Crippen LogP contribution in [0.4, 0.5) is 31.1 Å². The Labute approximate surface area is 188 Å². The molecule has 0 unspecified atom stereocenters. The summed E-state index contributed by atoms with van der Waals surface area (Å²) in [6.45, 7) is -0.304. The molecule has 1 aliphatic carbocycles. The number of halogens is 6. The van der Waals surface area contributed by atoms with Crippen LogP contribution in [0.3, 0.4) is 0 Å². The summed E-state index contributed by atoms with van der Waals surface area (Å²) < 4.78 is 78.5. The van der Waals surface area contributed by atoms with E-state index in [2.05, 4.69) is 16.0 Å². The van der Waals surface area contributed by atoms with Crippen molar-refractivity contribution < 1.29 is 40.7 Å². The van der Waals surface area contributed by atoms with E-state index in [-0.39, 0.29) is 29.2 Å². The molecule has 12 heteroatoms. The van der Waals surface area contributed by atoms with E-state index < -0.39 is 46.9 Å². The average Bonchev–Trinajstić information content (AvgIpc) is 3.56. The SMILES string of the molecule is O=C1NC(=O)[C@](CNC(=O)c2ccc(C(F)(F)F)cc2-c2ccc(C(F)(F)F)cc2)(C2CC2)N1. The Balaban J connectivity index is 1.66. The molecule has 4 amide bonds. The number of urea groups is 1. The van der Waals surface area contributed by atoms with Crippen LogP contribution in [0.5, 0.6) is 0 Å². The normalized spacial score (nSPS) is 20.6. The zero-order chi connectivity index (χ0) is 24.9. The number of hydrogen-bond acceptors (Lipinski definition) is 3. The topological polar surface area (TPSA) is 87.3 Å². The first kappa shape index (κ1) is 23.6. The van der Waals surface area contributed by atoms with Crippen LogP contribution in [0.2, 0.25) is 0 Å². The molecule has 1 saturated heterocycles. The lowest BCUT2D eigenvalue weighted by Crippen LogP contribution is -2.57. The van der Waals surface area contributed by atoms with E-state index in [1.807, 2.05) is 0 Å². The van der Waals surface area contributed by atoms with Gasteiger partial charge in [0, 0.05) is 5.56 Å².